The molecule has 1 aliphatic carbocycles. The minimum atomic E-state index is -4.52. The molecule has 0 unspecified atom stereocenters. The number of hydrogen-bond acceptors (Lipinski definition) is 3. The van der Waals surface area contributed by atoms with E-state index in [1.807, 2.05) is 0 Å². The Kier molecular flexibility index (Phi) is 4.21. The predicted octanol–water partition coefficient (Wildman–Crippen LogP) is 3.43. The van der Waals surface area contributed by atoms with Gasteiger partial charge < -0.3 is 10.1 Å². The van der Waals surface area contributed by atoms with Gasteiger partial charge >= 0.3 is 6.18 Å². The van der Waals surface area contributed by atoms with Crippen LogP contribution in [0.2, 0.25) is 0 Å². The molecule has 24 heavy (non-hydrogen) atoms. The summed E-state index contributed by atoms with van der Waals surface area (Å²) >= 11 is 0. The third kappa shape index (κ3) is 3.69. The van der Waals surface area contributed by atoms with Gasteiger partial charge in [0.15, 0.2) is 5.69 Å². The molecule has 1 amide bonds. The number of anilines is 1. The molecular weight excluding hydrogens is 323 g/mol. The maximum absolute atomic E-state index is 12.8. The van der Waals surface area contributed by atoms with Crippen molar-refractivity contribution in [3.05, 3.63) is 41.7 Å². The van der Waals surface area contributed by atoms with Gasteiger partial charge in [-0.1, -0.05) is 6.07 Å². The van der Waals surface area contributed by atoms with Gasteiger partial charge in [0.25, 0.3) is 0 Å². The van der Waals surface area contributed by atoms with Gasteiger partial charge in [0.05, 0.1) is 7.11 Å². The Morgan fingerprint density at radius 1 is 1.38 bits per heavy atom. The molecule has 128 valence electrons. The van der Waals surface area contributed by atoms with Crippen molar-refractivity contribution < 1.29 is 22.7 Å². The number of halogens is 3. The van der Waals surface area contributed by atoms with E-state index in [0.29, 0.717) is 17.1 Å². The second kappa shape index (κ2) is 6.18. The lowest BCUT2D eigenvalue weighted by Gasteiger charge is -2.09. The number of nitrogens with zero attached hydrogens (tertiary/aromatic N) is 2. The van der Waals surface area contributed by atoms with Crippen LogP contribution in [0.15, 0.2) is 30.3 Å². The zero-order valence-corrected chi connectivity index (χ0v) is 12.9. The Labute approximate surface area is 136 Å². The molecule has 0 radical (unpaired) electrons. The molecule has 2 aromatic rings. The van der Waals surface area contributed by atoms with Crippen LogP contribution < -0.4 is 10.1 Å². The molecule has 0 saturated heterocycles. The van der Waals surface area contributed by atoms with Crippen LogP contribution in [-0.2, 0) is 17.5 Å². The summed E-state index contributed by atoms with van der Waals surface area (Å²) in [5.74, 6) is 0.185. The SMILES string of the molecule is COc1cccc(NC(=O)Cn2nc(C(F)(F)F)cc2C2CC2)c1. The standard InChI is InChI=1S/C16H16F3N3O2/c1-24-12-4-2-3-11(7-12)20-15(23)9-22-13(10-5-6-10)8-14(21-22)16(17,18)19/h2-4,7-8,10H,5-6,9H2,1H3,(H,20,23). The molecule has 1 N–H and O–H groups in total. The fourth-order valence-electron chi connectivity index (χ4n) is 2.44. The second-order valence-electron chi connectivity index (χ2n) is 5.66. The Morgan fingerprint density at radius 2 is 2.12 bits per heavy atom. The summed E-state index contributed by atoms with van der Waals surface area (Å²) in [6, 6.07) is 7.77. The second-order valence-corrected chi connectivity index (χ2v) is 5.66. The van der Waals surface area contributed by atoms with Crippen molar-refractivity contribution in [3.63, 3.8) is 0 Å². The fraction of sp³-hybridized carbons (Fsp3) is 0.375. The highest BCUT2D eigenvalue weighted by Gasteiger charge is 2.38. The molecular formula is C16H16F3N3O2. The monoisotopic (exact) mass is 339 g/mol. The van der Waals surface area contributed by atoms with Gasteiger partial charge in [-0.05, 0) is 31.0 Å². The topological polar surface area (TPSA) is 56.1 Å². The van der Waals surface area contributed by atoms with Crippen molar-refractivity contribution in [2.24, 2.45) is 0 Å². The Hall–Kier alpha value is -2.51. The van der Waals surface area contributed by atoms with E-state index in [1.54, 1.807) is 24.3 Å². The zero-order chi connectivity index (χ0) is 17.3. The van der Waals surface area contributed by atoms with Crippen molar-refractivity contribution in [1.82, 2.24) is 9.78 Å². The Balaban J connectivity index is 1.75. The number of amides is 1. The molecule has 1 aromatic carbocycles. The number of ether oxygens (including phenoxy) is 1. The van der Waals surface area contributed by atoms with Crippen LogP contribution in [0, 0.1) is 0 Å². The largest absolute Gasteiger partial charge is 0.497 e. The number of carbonyl (C=O) groups is 1. The molecule has 1 fully saturated rings. The maximum Gasteiger partial charge on any atom is 0.435 e. The van der Waals surface area contributed by atoms with E-state index in [2.05, 4.69) is 10.4 Å². The van der Waals surface area contributed by atoms with Crippen LogP contribution in [0.5, 0.6) is 5.75 Å². The van der Waals surface area contributed by atoms with Crippen LogP contribution in [0.1, 0.15) is 30.1 Å². The molecule has 1 aromatic heterocycles. The first-order valence-electron chi connectivity index (χ1n) is 7.45. The lowest BCUT2D eigenvalue weighted by atomic mass is 10.2. The minimum absolute atomic E-state index is 0.0539. The number of hydrogen-bond donors (Lipinski definition) is 1. The summed E-state index contributed by atoms with van der Waals surface area (Å²) in [7, 11) is 1.51. The van der Waals surface area contributed by atoms with Gasteiger partial charge in [-0.3, -0.25) is 9.48 Å². The summed E-state index contributed by atoms with van der Waals surface area (Å²) in [4.78, 5) is 12.1. The van der Waals surface area contributed by atoms with Crippen LogP contribution in [0.3, 0.4) is 0 Å². The summed E-state index contributed by atoms with van der Waals surface area (Å²) in [6.07, 6.45) is -2.88. The average molecular weight is 339 g/mol. The fourth-order valence-corrected chi connectivity index (χ4v) is 2.44. The molecule has 1 heterocycles. The van der Waals surface area contributed by atoms with Gasteiger partial charge in [-0.2, -0.15) is 18.3 Å². The number of aromatic nitrogens is 2. The first kappa shape index (κ1) is 16.4. The van der Waals surface area contributed by atoms with Gasteiger partial charge in [0.1, 0.15) is 12.3 Å². The highest BCUT2D eigenvalue weighted by atomic mass is 19.4. The van der Waals surface area contributed by atoms with Crippen molar-refractivity contribution in [3.8, 4) is 5.75 Å². The van der Waals surface area contributed by atoms with E-state index in [4.69, 9.17) is 4.74 Å². The summed E-state index contributed by atoms with van der Waals surface area (Å²) in [5.41, 5.74) is 0.0113. The first-order valence-corrected chi connectivity index (χ1v) is 7.45. The van der Waals surface area contributed by atoms with E-state index in [9.17, 15) is 18.0 Å². The van der Waals surface area contributed by atoms with E-state index in [1.165, 1.54) is 7.11 Å². The number of benzene rings is 1. The smallest absolute Gasteiger partial charge is 0.435 e. The molecule has 5 nitrogen and oxygen atoms in total. The summed E-state index contributed by atoms with van der Waals surface area (Å²) < 4.78 is 44.7. The molecule has 1 aliphatic rings. The highest BCUT2D eigenvalue weighted by Crippen LogP contribution is 2.42. The quantitative estimate of drug-likeness (QED) is 0.908. The predicted molar refractivity (Wildman–Crippen MR) is 80.8 cm³/mol. The van der Waals surface area contributed by atoms with E-state index in [0.717, 1.165) is 23.6 Å². The average Bonchev–Trinajstić information content (AvgIpc) is 3.27. The first-order chi connectivity index (χ1) is 11.4. The van der Waals surface area contributed by atoms with Gasteiger partial charge in [0.2, 0.25) is 5.91 Å². The summed E-state index contributed by atoms with van der Waals surface area (Å²) in [6.45, 7) is -0.265. The van der Waals surface area contributed by atoms with E-state index >= 15 is 0 Å². The molecule has 3 rings (SSSR count). The molecule has 8 heteroatoms. The summed E-state index contributed by atoms with van der Waals surface area (Å²) in [5, 5.41) is 6.20. The van der Waals surface area contributed by atoms with Crippen molar-refractivity contribution in [1.29, 1.82) is 0 Å². The van der Waals surface area contributed by atoms with Gasteiger partial charge in [0, 0.05) is 23.4 Å². The molecule has 0 bridgehead atoms. The third-order valence-electron chi connectivity index (χ3n) is 3.74. The molecule has 0 spiro atoms. The molecule has 0 atom stereocenters. The lowest BCUT2D eigenvalue weighted by Crippen LogP contribution is -2.21. The molecule has 1 saturated carbocycles. The third-order valence-corrected chi connectivity index (χ3v) is 3.74. The molecule has 0 aliphatic heterocycles. The number of methoxy groups -OCH3 is 1. The van der Waals surface area contributed by atoms with Crippen LogP contribution in [0.25, 0.3) is 0 Å². The van der Waals surface area contributed by atoms with Gasteiger partial charge in [-0.15, -0.1) is 0 Å². The maximum atomic E-state index is 12.8. The van der Waals surface area contributed by atoms with Gasteiger partial charge in [-0.25, -0.2) is 0 Å². The lowest BCUT2D eigenvalue weighted by molar-refractivity contribution is -0.141. The minimum Gasteiger partial charge on any atom is -0.497 e. The van der Waals surface area contributed by atoms with Crippen LogP contribution >= 0.6 is 0 Å². The number of nitrogens with one attached hydrogen (secondary N) is 1. The zero-order valence-electron chi connectivity index (χ0n) is 12.9. The Morgan fingerprint density at radius 3 is 2.75 bits per heavy atom. The van der Waals surface area contributed by atoms with Crippen molar-refractivity contribution in [2.45, 2.75) is 31.5 Å². The highest BCUT2D eigenvalue weighted by molar-refractivity contribution is 5.90. The van der Waals surface area contributed by atoms with Crippen molar-refractivity contribution in [2.75, 3.05) is 12.4 Å². The number of rotatable bonds is 5. The Bertz CT molecular complexity index is 751. The van der Waals surface area contributed by atoms with E-state index < -0.39 is 17.8 Å². The van der Waals surface area contributed by atoms with Crippen LogP contribution in [-0.4, -0.2) is 22.8 Å². The van der Waals surface area contributed by atoms with E-state index in [-0.39, 0.29) is 12.5 Å². The normalized spacial score (nSPS) is 14.5. The van der Waals surface area contributed by atoms with Crippen LogP contribution in [0.4, 0.5) is 18.9 Å². The number of alkyl halides is 3. The number of carbonyl (C=O) groups excluding carboxylic acids is 1. The van der Waals surface area contributed by atoms with Crippen molar-refractivity contribution >= 4 is 11.6 Å².